The molecule has 0 saturated carbocycles. The lowest BCUT2D eigenvalue weighted by Gasteiger charge is -2.22. The first-order valence-corrected chi connectivity index (χ1v) is 9.12. The van der Waals surface area contributed by atoms with Crippen LogP contribution in [0.25, 0.3) is 0 Å². The number of aliphatic imine (C=N–C) groups is 1. The second-order valence-corrected chi connectivity index (χ2v) is 7.59. The molecule has 2 unspecified atom stereocenters. The molecule has 7 heteroatoms. The zero-order valence-electron chi connectivity index (χ0n) is 16.5. The summed E-state index contributed by atoms with van der Waals surface area (Å²) in [5.74, 6) is 3.14. The Morgan fingerprint density at radius 2 is 2.04 bits per heavy atom. The predicted molar refractivity (Wildman–Crippen MR) is 115 cm³/mol. The lowest BCUT2D eigenvalue weighted by molar-refractivity contribution is 0.265. The summed E-state index contributed by atoms with van der Waals surface area (Å²) in [6, 6.07) is 1.03. The molecule has 0 aliphatic carbocycles. The molecule has 2 rings (SSSR count). The quantitative estimate of drug-likeness (QED) is 0.388. The third-order valence-electron chi connectivity index (χ3n) is 4.69. The van der Waals surface area contributed by atoms with Gasteiger partial charge in [0, 0.05) is 51.2 Å². The van der Waals surface area contributed by atoms with Gasteiger partial charge in [-0.15, -0.1) is 24.0 Å². The minimum Gasteiger partial charge on any atom is -0.352 e. The molecule has 2 N–H and O–H groups in total. The van der Waals surface area contributed by atoms with Gasteiger partial charge in [0.05, 0.1) is 6.54 Å². The summed E-state index contributed by atoms with van der Waals surface area (Å²) in [7, 11) is 1.83. The summed E-state index contributed by atoms with van der Waals surface area (Å²) in [4.78, 5) is 11.4. The molecule has 1 aliphatic rings. The van der Waals surface area contributed by atoms with E-state index in [1.165, 1.54) is 0 Å². The highest BCUT2D eigenvalue weighted by atomic mass is 127. The van der Waals surface area contributed by atoms with Crippen molar-refractivity contribution in [3.8, 4) is 0 Å². The van der Waals surface area contributed by atoms with Crippen molar-refractivity contribution in [3.05, 3.63) is 18.2 Å². The fourth-order valence-corrected chi connectivity index (χ4v) is 3.21. The molecule has 0 amide bonds. The predicted octanol–water partition coefficient (Wildman–Crippen LogP) is 2.55. The van der Waals surface area contributed by atoms with Gasteiger partial charge in [0.2, 0.25) is 0 Å². The van der Waals surface area contributed by atoms with E-state index in [1.807, 2.05) is 19.4 Å². The van der Waals surface area contributed by atoms with E-state index in [1.54, 1.807) is 0 Å². The first-order valence-electron chi connectivity index (χ1n) is 9.12. The summed E-state index contributed by atoms with van der Waals surface area (Å²) in [6.07, 6.45) is 3.92. The van der Waals surface area contributed by atoms with Gasteiger partial charge in [0.1, 0.15) is 5.82 Å². The van der Waals surface area contributed by atoms with Crippen LogP contribution < -0.4 is 10.6 Å². The first-order chi connectivity index (χ1) is 11.4. The molecule has 2 heterocycles. The van der Waals surface area contributed by atoms with E-state index in [0.717, 1.165) is 31.4 Å². The number of hydrogen-bond donors (Lipinski definition) is 2. The Morgan fingerprint density at radius 3 is 2.60 bits per heavy atom. The Bertz CT molecular complexity index is 539. The number of nitrogens with zero attached hydrogens (tertiary/aromatic N) is 4. The van der Waals surface area contributed by atoms with Gasteiger partial charge in [-0.25, -0.2) is 4.98 Å². The Hall–Kier alpha value is -0.830. The zero-order chi connectivity index (χ0) is 17.7. The van der Waals surface area contributed by atoms with Crippen molar-refractivity contribution in [3.63, 3.8) is 0 Å². The van der Waals surface area contributed by atoms with Gasteiger partial charge >= 0.3 is 0 Å². The minimum absolute atomic E-state index is 0. The number of halogens is 1. The van der Waals surface area contributed by atoms with Crippen LogP contribution >= 0.6 is 24.0 Å². The van der Waals surface area contributed by atoms with Gasteiger partial charge in [-0.1, -0.05) is 20.8 Å². The van der Waals surface area contributed by atoms with Crippen LogP contribution in [0.3, 0.4) is 0 Å². The number of guanidine groups is 1. The molecule has 144 valence electrons. The second-order valence-electron chi connectivity index (χ2n) is 7.59. The van der Waals surface area contributed by atoms with Crippen molar-refractivity contribution in [2.75, 3.05) is 20.1 Å². The highest BCUT2D eigenvalue weighted by molar-refractivity contribution is 14.0. The molecular formula is C18H35IN6. The van der Waals surface area contributed by atoms with E-state index in [0.29, 0.717) is 30.5 Å². The lowest BCUT2D eigenvalue weighted by atomic mass is 10.1. The molecule has 1 aliphatic heterocycles. The molecule has 25 heavy (non-hydrogen) atoms. The lowest BCUT2D eigenvalue weighted by Crippen LogP contribution is -2.46. The van der Waals surface area contributed by atoms with Crippen molar-refractivity contribution >= 4 is 29.9 Å². The van der Waals surface area contributed by atoms with Crippen LogP contribution in [0.4, 0.5) is 0 Å². The topological polar surface area (TPSA) is 57.5 Å². The van der Waals surface area contributed by atoms with Gasteiger partial charge in [0.15, 0.2) is 5.96 Å². The number of hydrogen-bond acceptors (Lipinski definition) is 3. The summed E-state index contributed by atoms with van der Waals surface area (Å²) in [6.45, 7) is 15.2. The van der Waals surface area contributed by atoms with Crippen molar-refractivity contribution in [1.29, 1.82) is 0 Å². The average molecular weight is 462 g/mol. The molecule has 0 radical (unpaired) electrons. The zero-order valence-corrected chi connectivity index (χ0v) is 18.8. The average Bonchev–Trinajstić information content (AvgIpc) is 3.10. The molecule has 6 nitrogen and oxygen atoms in total. The molecule has 1 aromatic heterocycles. The summed E-state index contributed by atoms with van der Waals surface area (Å²) in [5, 5.41) is 7.00. The van der Waals surface area contributed by atoms with Gasteiger partial charge < -0.3 is 15.2 Å². The highest BCUT2D eigenvalue weighted by Crippen LogP contribution is 2.18. The van der Waals surface area contributed by atoms with E-state index in [2.05, 4.69) is 64.7 Å². The van der Waals surface area contributed by atoms with Gasteiger partial charge in [0.25, 0.3) is 0 Å². The highest BCUT2D eigenvalue weighted by Gasteiger charge is 2.31. The largest absolute Gasteiger partial charge is 0.352 e. The maximum absolute atomic E-state index is 4.47. The Morgan fingerprint density at radius 1 is 1.32 bits per heavy atom. The molecule has 1 fully saturated rings. The van der Waals surface area contributed by atoms with Crippen molar-refractivity contribution in [1.82, 2.24) is 25.1 Å². The van der Waals surface area contributed by atoms with Crippen LogP contribution in [0, 0.1) is 11.8 Å². The smallest absolute Gasteiger partial charge is 0.191 e. The monoisotopic (exact) mass is 462 g/mol. The van der Waals surface area contributed by atoms with Crippen molar-refractivity contribution in [2.45, 2.75) is 59.8 Å². The van der Waals surface area contributed by atoms with Crippen LogP contribution in [0.5, 0.6) is 0 Å². The van der Waals surface area contributed by atoms with Gasteiger partial charge in [-0.2, -0.15) is 0 Å². The number of aromatic nitrogens is 2. The maximum atomic E-state index is 4.47. The molecule has 0 bridgehead atoms. The number of likely N-dealkylation sites (tertiary alicyclic amines) is 1. The Balaban J connectivity index is 0.00000312. The van der Waals surface area contributed by atoms with Crippen LogP contribution in [0.1, 0.15) is 40.4 Å². The number of rotatable bonds is 6. The van der Waals surface area contributed by atoms with Crippen LogP contribution in [-0.2, 0) is 13.1 Å². The maximum Gasteiger partial charge on any atom is 0.191 e. The van der Waals surface area contributed by atoms with E-state index in [-0.39, 0.29) is 24.0 Å². The third-order valence-corrected chi connectivity index (χ3v) is 4.69. The first kappa shape index (κ1) is 22.2. The van der Waals surface area contributed by atoms with E-state index >= 15 is 0 Å². The molecule has 1 aromatic rings. The molecule has 0 aromatic carbocycles. The summed E-state index contributed by atoms with van der Waals surface area (Å²) < 4.78 is 2.21. The fraction of sp³-hybridized carbons (Fsp3) is 0.778. The standard InChI is InChI=1S/C18H34N6.HI/c1-13(2)10-23-8-7-20-17(23)9-21-18(19-6)22-16-12-24(14(3)4)11-15(16)5;/h7-8,13-16H,9-12H2,1-6H3,(H2,19,21,22);1H. The Labute approximate surface area is 169 Å². The van der Waals surface area contributed by atoms with Crippen LogP contribution in [-0.4, -0.2) is 52.6 Å². The number of imidazole rings is 1. The Kier molecular flexibility index (Phi) is 9.20. The minimum atomic E-state index is 0. The normalized spacial score (nSPS) is 21.7. The molecular weight excluding hydrogens is 427 g/mol. The molecule has 0 spiro atoms. The third kappa shape index (κ3) is 6.44. The summed E-state index contributed by atoms with van der Waals surface area (Å²) >= 11 is 0. The number of nitrogens with one attached hydrogen (secondary N) is 2. The fourth-order valence-electron chi connectivity index (χ4n) is 3.21. The SMILES string of the molecule is CN=C(NCc1nccn1CC(C)C)NC1CN(C(C)C)CC1C.I. The summed E-state index contributed by atoms with van der Waals surface area (Å²) in [5.41, 5.74) is 0. The van der Waals surface area contributed by atoms with Gasteiger partial charge in [-0.05, 0) is 25.7 Å². The van der Waals surface area contributed by atoms with Crippen molar-refractivity contribution < 1.29 is 0 Å². The van der Waals surface area contributed by atoms with E-state index in [4.69, 9.17) is 0 Å². The van der Waals surface area contributed by atoms with Gasteiger partial charge in [-0.3, -0.25) is 9.89 Å². The molecule has 2 atom stereocenters. The van der Waals surface area contributed by atoms with Crippen molar-refractivity contribution in [2.24, 2.45) is 16.8 Å². The second kappa shape index (κ2) is 10.4. The van der Waals surface area contributed by atoms with E-state index in [9.17, 15) is 0 Å². The van der Waals surface area contributed by atoms with E-state index < -0.39 is 0 Å². The van der Waals surface area contributed by atoms with Crippen LogP contribution in [0.15, 0.2) is 17.4 Å². The van der Waals surface area contributed by atoms with Crippen LogP contribution in [0.2, 0.25) is 0 Å². The molecule has 1 saturated heterocycles.